The summed E-state index contributed by atoms with van der Waals surface area (Å²) < 4.78 is 7.41. The van der Waals surface area contributed by atoms with E-state index in [1.54, 1.807) is 0 Å². The summed E-state index contributed by atoms with van der Waals surface area (Å²) in [5.74, 6) is 1.50. The Kier molecular flexibility index (Phi) is 7.09. The molecule has 0 aliphatic carbocycles. The smallest absolute Gasteiger partial charge is 0.159 e. The van der Waals surface area contributed by atoms with Crippen LogP contribution in [0.25, 0.3) is 75.2 Å². The number of rotatable bonds is 5. The largest absolute Gasteiger partial charge is 0.344 e. The van der Waals surface area contributed by atoms with Gasteiger partial charge in [0.1, 0.15) is 12.0 Å². The van der Waals surface area contributed by atoms with E-state index in [4.69, 9.17) is 9.98 Å². The van der Waals surface area contributed by atoms with E-state index in [2.05, 4.69) is 196 Å². The van der Waals surface area contributed by atoms with Crippen LogP contribution in [0.15, 0.2) is 198 Å². The molecule has 3 aromatic heterocycles. The second kappa shape index (κ2) is 12.6. The lowest BCUT2D eigenvalue weighted by atomic mass is 10.1. The summed E-state index contributed by atoms with van der Waals surface area (Å²) in [6.45, 7) is 0. The Balaban J connectivity index is 1.08. The van der Waals surface area contributed by atoms with Crippen molar-refractivity contribution < 1.29 is 0 Å². The number of aliphatic imine (C=N–C) groups is 2. The molecule has 0 saturated carbocycles. The Morgan fingerprint density at radius 1 is 0.439 bits per heavy atom. The van der Waals surface area contributed by atoms with Gasteiger partial charge < -0.3 is 14.5 Å². The van der Waals surface area contributed by atoms with Gasteiger partial charge >= 0.3 is 0 Å². The van der Waals surface area contributed by atoms with Crippen molar-refractivity contribution in [3.05, 3.63) is 205 Å². The van der Waals surface area contributed by atoms with E-state index in [0.717, 1.165) is 39.4 Å². The molecule has 1 aliphatic rings. The number of hydrogen-bond donors (Lipinski definition) is 1. The number of hydrogen-bond acceptors (Lipinski definition) is 4. The van der Waals surface area contributed by atoms with Gasteiger partial charge in [0.2, 0.25) is 0 Å². The molecular formula is C51H33N5S. The van der Waals surface area contributed by atoms with Gasteiger partial charge in [0, 0.05) is 64.2 Å². The number of benzene rings is 8. The molecule has 57 heavy (non-hydrogen) atoms. The maximum absolute atomic E-state index is 5.35. The topological polar surface area (TPSA) is 46.6 Å². The predicted molar refractivity (Wildman–Crippen MR) is 240 cm³/mol. The number of nitrogens with one attached hydrogen (secondary N) is 1. The van der Waals surface area contributed by atoms with Gasteiger partial charge in [0.25, 0.3) is 0 Å². The van der Waals surface area contributed by atoms with Crippen molar-refractivity contribution in [1.82, 2.24) is 14.5 Å². The van der Waals surface area contributed by atoms with Crippen molar-refractivity contribution in [2.75, 3.05) is 0 Å². The highest BCUT2D eigenvalue weighted by molar-refractivity contribution is 7.25. The summed E-state index contributed by atoms with van der Waals surface area (Å²) in [5, 5.41) is 11.1. The van der Waals surface area contributed by atoms with E-state index < -0.39 is 0 Å². The van der Waals surface area contributed by atoms with Gasteiger partial charge in [0.15, 0.2) is 5.84 Å². The molecule has 268 valence electrons. The van der Waals surface area contributed by atoms with Crippen LogP contribution in [0.5, 0.6) is 0 Å². The zero-order chi connectivity index (χ0) is 37.5. The molecule has 0 bridgehead atoms. The van der Waals surface area contributed by atoms with Crippen LogP contribution in [0.1, 0.15) is 22.9 Å². The van der Waals surface area contributed by atoms with Crippen LogP contribution in [-0.2, 0) is 0 Å². The molecule has 11 aromatic rings. The van der Waals surface area contributed by atoms with E-state index in [0.29, 0.717) is 5.84 Å². The molecule has 4 heterocycles. The fraction of sp³-hybridized carbons (Fsp3) is 0.0196. The summed E-state index contributed by atoms with van der Waals surface area (Å²) in [6, 6.07) is 67.3. The Morgan fingerprint density at radius 2 is 1.00 bits per heavy atom. The highest BCUT2D eigenvalue weighted by Crippen LogP contribution is 2.42. The van der Waals surface area contributed by atoms with Gasteiger partial charge in [-0.15, -0.1) is 11.3 Å². The fourth-order valence-electron chi connectivity index (χ4n) is 8.80. The summed E-state index contributed by atoms with van der Waals surface area (Å²) in [5.41, 5.74) is 9.95. The third kappa shape index (κ3) is 5.01. The minimum Gasteiger partial charge on any atom is -0.344 e. The maximum Gasteiger partial charge on any atom is 0.159 e. The van der Waals surface area contributed by atoms with Crippen LogP contribution in [0.2, 0.25) is 0 Å². The van der Waals surface area contributed by atoms with E-state index in [1.807, 2.05) is 17.4 Å². The number of fused-ring (bicyclic) bond motifs is 10. The minimum atomic E-state index is -0.319. The van der Waals surface area contributed by atoms with Crippen molar-refractivity contribution in [3.63, 3.8) is 0 Å². The zero-order valence-corrected chi connectivity index (χ0v) is 31.5. The van der Waals surface area contributed by atoms with Crippen LogP contribution in [0, 0.1) is 0 Å². The fourth-order valence-corrected chi connectivity index (χ4v) is 9.96. The third-order valence-corrected chi connectivity index (χ3v) is 12.5. The lowest BCUT2D eigenvalue weighted by Gasteiger charge is -2.24. The van der Waals surface area contributed by atoms with E-state index in [1.165, 1.54) is 58.3 Å². The van der Waals surface area contributed by atoms with Crippen molar-refractivity contribution in [2.45, 2.75) is 6.17 Å². The number of amidine groups is 2. The van der Waals surface area contributed by atoms with Gasteiger partial charge in [-0.05, 0) is 54.1 Å². The van der Waals surface area contributed by atoms with E-state index in [-0.39, 0.29) is 6.17 Å². The molecule has 0 fully saturated rings. The van der Waals surface area contributed by atoms with Gasteiger partial charge in [-0.2, -0.15) is 0 Å². The van der Waals surface area contributed by atoms with Gasteiger partial charge in [-0.3, -0.25) is 0 Å². The highest BCUT2D eigenvalue weighted by atomic mass is 32.1. The Morgan fingerprint density at radius 3 is 1.74 bits per heavy atom. The molecule has 1 N–H and O–H groups in total. The van der Waals surface area contributed by atoms with Crippen LogP contribution < -0.4 is 5.32 Å². The molecule has 0 saturated heterocycles. The number of nitrogens with zero attached hydrogens (tertiary/aromatic N) is 4. The zero-order valence-electron chi connectivity index (χ0n) is 30.7. The summed E-state index contributed by atoms with van der Waals surface area (Å²) in [7, 11) is 0. The average molecular weight is 748 g/mol. The highest BCUT2D eigenvalue weighted by Gasteiger charge is 2.24. The summed E-state index contributed by atoms with van der Waals surface area (Å²) >= 11 is 1.83. The number of para-hydroxylation sites is 3. The molecule has 5 nitrogen and oxygen atoms in total. The maximum atomic E-state index is 5.35. The molecule has 1 atom stereocenters. The molecule has 6 heteroatoms. The van der Waals surface area contributed by atoms with Crippen molar-refractivity contribution in [3.8, 4) is 11.4 Å². The number of thiophene rings is 1. The molecule has 0 radical (unpaired) electrons. The van der Waals surface area contributed by atoms with Crippen molar-refractivity contribution >= 4 is 86.8 Å². The number of aromatic nitrogens is 2. The second-order valence-electron chi connectivity index (χ2n) is 14.6. The molecule has 8 aromatic carbocycles. The molecule has 1 aliphatic heterocycles. The molecular weight excluding hydrogens is 715 g/mol. The summed E-state index contributed by atoms with van der Waals surface area (Å²) in [4.78, 5) is 10.6. The normalized spacial score (nSPS) is 14.5. The first kappa shape index (κ1) is 32.0. The SMILES string of the molecule is c1ccc(C2=NC(c3cccc(-n4c5ccccc5c5ccc6c7ccccc7n(-c7ccccc7)c6c54)c3)=NC(c3ccc4c(c3)sc3ccccc34)N2)cc1. The average Bonchev–Trinajstić information content (AvgIpc) is 3.94. The minimum absolute atomic E-state index is 0.319. The molecule has 0 spiro atoms. The monoisotopic (exact) mass is 747 g/mol. The Labute approximate surface area is 332 Å². The van der Waals surface area contributed by atoms with Crippen LogP contribution >= 0.6 is 11.3 Å². The quantitative estimate of drug-likeness (QED) is 0.187. The van der Waals surface area contributed by atoms with Crippen molar-refractivity contribution in [2.24, 2.45) is 9.98 Å². The standard InChI is InChI=1S/C51H33N5S/c1-3-14-32(15-4-1)49-52-50(54-51(53-49)34-26-27-40-39-22-9-12-25-45(39)57-46(40)31-34)33-16-13-19-36(30-33)56-44-24-11-8-21-38(44)42-29-28-41-37-20-7-10-23-43(37)55(47(41)48(42)56)35-17-5-2-6-18-35/h1-31,51H,(H,52,53,54). The molecule has 1 unspecified atom stereocenters. The molecule has 12 rings (SSSR count). The third-order valence-electron chi connectivity index (χ3n) is 11.4. The van der Waals surface area contributed by atoms with Crippen molar-refractivity contribution in [1.29, 1.82) is 0 Å². The summed E-state index contributed by atoms with van der Waals surface area (Å²) in [6.07, 6.45) is -0.319. The first-order chi connectivity index (χ1) is 28.3. The Hall–Kier alpha value is -7.28. The van der Waals surface area contributed by atoms with Gasteiger partial charge in [0.05, 0.1) is 22.1 Å². The van der Waals surface area contributed by atoms with E-state index in [9.17, 15) is 0 Å². The lowest BCUT2D eigenvalue weighted by Crippen LogP contribution is -2.33. The predicted octanol–water partition coefficient (Wildman–Crippen LogP) is 12.7. The van der Waals surface area contributed by atoms with E-state index >= 15 is 0 Å². The van der Waals surface area contributed by atoms with Crippen LogP contribution in [0.3, 0.4) is 0 Å². The van der Waals surface area contributed by atoms with Crippen LogP contribution in [-0.4, -0.2) is 20.8 Å². The van der Waals surface area contributed by atoms with Crippen LogP contribution in [0.4, 0.5) is 0 Å². The first-order valence-electron chi connectivity index (χ1n) is 19.3. The first-order valence-corrected chi connectivity index (χ1v) is 20.1. The van der Waals surface area contributed by atoms with Gasteiger partial charge in [-0.25, -0.2) is 9.98 Å². The second-order valence-corrected chi connectivity index (χ2v) is 15.7. The Bertz CT molecular complexity index is 3440. The lowest BCUT2D eigenvalue weighted by molar-refractivity contribution is 0.675. The molecule has 0 amide bonds. The van der Waals surface area contributed by atoms with Gasteiger partial charge in [-0.1, -0.05) is 140 Å².